The van der Waals surface area contributed by atoms with Crippen LogP contribution < -0.4 is 10.5 Å². The van der Waals surface area contributed by atoms with Crippen LogP contribution in [0, 0.1) is 0 Å². The molecule has 1 aromatic carbocycles. The molecule has 112 valence electrons. The summed E-state index contributed by atoms with van der Waals surface area (Å²) in [6.45, 7) is 2.14. The van der Waals surface area contributed by atoms with Gasteiger partial charge >= 0.3 is 0 Å². The molecule has 6 nitrogen and oxygen atoms in total. The summed E-state index contributed by atoms with van der Waals surface area (Å²) in [5.74, 6) is -0.140. The van der Waals surface area contributed by atoms with Crippen LogP contribution in [0.2, 0.25) is 0 Å². The Kier molecular flexibility index (Phi) is 4.33. The van der Waals surface area contributed by atoms with E-state index in [-0.39, 0.29) is 18.4 Å². The molecule has 0 aliphatic carbocycles. The molecule has 1 fully saturated rings. The first kappa shape index (κ1) is 15.2. The van der Waals surface area contributed by atoms with E-state index in [0.29, 0.717) is 24.3 Å². The maximum atomic E-state index is 12.0. The van der Waals surface area contributed by atoms with E-state index in [0.717, 1.165) is 0 Å². The number of nitrogens with one attached hydrogen (secondary N) is 1. The van der Waals surface area contributed by atoms with Gasteiger partial charge in [0.2, 0.25) is 10.0 Å². The molecule has 0 spiro atoms. The zero-order valence-electron chi connectivity index (χ0n) is 11.4. The molecule has 2 rings (SSSR count). The zero-order valence-corrected chi connectivity index (χ0v) is 12.2. The Bertz CT molecular complexity index is 558. The molecule has 0 saturated carbocycles. The third kappa shape index (κ3) is 3.69. The molecule has 1 heterocycles. The minimum atomic E-state index is -3.50. The Morgan fingerprint density at radius 2 is 2.10 bits per heavy atom. The van der Waals surface area contributed by atoms with Gasteiger partial charge in [-0.1, -0.05) is 12.1 Å². The average molecular weight is 300 g/mol. The van der Waals surface area contributed by atoms with Gasteiger partial charge < -0.3 is 15.6 Å². The monoisotopic (exact) mass is 300 g/mol. The summed E-state index contributed by atoms with van der Waals surface area (Å²) in [6.07, 6.45) is 0.0557. The second kappa shape index (κ2) is 5.69. The van der Waals surface area contributed by atoms with Crippen molar-refractivity contribution in [3.8, 4) is 0 Å². The van der Waals surface area contributed by atoms with Gasteiger partial charge in [-0.3, -0.25) is 0 Å². The summed E-state index contributed by atoms with van der Waals surface area (Å²) >= 11 is 0. The molecule has 0 radical (unpaired) electrons. The summed E-state index contributed by atoms with van der Waals surface area (Å²) in [5.41, 5.74) is 5.66. The number of anilines is 1. The van der Waals surface area contributed by atoms with Crippen molar-refractivity contribution in [2.75, 3.05) is 18.9 Å². The van der Waals surface area contributed by atoms with Gasteiger partial charge in [-0.25, -0.2) is 13.1 Å². The largest absolute Gasteiger partial charge is 0.399 e. The van der Waals surface area contributed by atoms with Gasteiger partial charge in [0.05, 0.1) is 11.9 Å². The number of nitrogen functional groups attached to an aromatic ring is 1. The molecule has 2 unspecified atom stereocenters. The molecule has 0 bridgehead atoms. The average Bonchev–Trinajstić information content (AvgIpc) is 2.71. The second-order valence-electron chi connectivity index (χ2n) is 5.19. The highest BCUT2D eigenvalue weighted by molar-refractivity contribution is 7.88. The summed E-state index contributed by atoms with van der Waals surface area (Å²) in [4.78, 5) is 0. The van der Waals surface area contributed by atoms with Crippen molar-refractivity contribution in [2.24, 2.45) is 0 Å². The van der Waals surface area contributed by atoms with Crippen molar-refractivity contribution in [1.29, 1.82) is 0 Å². The lowest BCUT2D eigenvalue weighted by Gasteiger charge is -2.26. The number of ether oxygens (including phenoxy) is 1. The number of aliphatic hydroxyl groups is 1. The predicted molar refractivity (Wildman–Crippen MR) is 76.5 cm³/mol. The fourth-order valence-electron chi connectivity index (χ4n) is 2.12. The molecule has 1 aromatic rings. The fourth-order valence-corrected chi connectivity index (χ4v) is 3.33. The normalized spacial score (nSPS) is 26.8. The van der Waals surface area contributed by atoms with Crippen LogP contribution in [-0.4, -0.2) is 38.4 Å². The Labute approximate surface area is 119 Å². The fraction of sp³-hybridized carbons (Fsp3) is 0.538. The van der Waals surface area contributed by atoms with Gasteiger partial charge in [-0.15, -0.1) is 0 Å². The van der Waals surface area contributed by atoms with Crippen molar-refractivity contribution >= 4 is 15.7 Å². The van der Waals surface area contributed by atoms with Crippen LogP contribution in [0.1, 0.15) is 18.9 Å². The summed E-state index contributed by atoms with van der Waals surface area (Å²) in [6, 6.07) is 6.66. The number of sulfonamides is 1. The molecule has 1 saturated heterocycles. The molecule has 20 heavy (non-hydrogen) atoms. The van der Waals surface area contributed by atoms with Crippen molar-refractivity contribution in [2.45, 2.75) is 30.8 Å². The number of hydrogen-bond acceptors (Lipinski definition) is 5. The lowest BCUT2D eigenvalue weighted by Crippen LogP contribution is -2.47. The number of nitrogens with two attached hydrogens (primary N) is 1. The number of benzene rings is 1. The first-order valence-corrected chi connectivity index (χ1v) is 8.12. The Morgan fingerprint density at radius 1 is 1.45 bits per heavy atom. The van der Waals surface area contributed by atoms with Crippen LogP contribution in [0.25, 0.3) is 0 Å². The highest BCUT2D eigenvalue weighted by Crippen LogP contribution is 2.25. The summed E-state index contributed by atoms with van der Waals surface area (Å²) < 4.78 is 31.7. The van der Waals surface area contributed by atoms with Crippen LogP contribution in [-0.2, 0) is 20.5 Å². The van der Waals surface area contributed by atoms with Crippen LogP contribution >= 0.6 is 0 Å². The van der Waals surface area contributed by atoms with E-state index in [2.05, 4.69) is 4.72 Å². The molecular weight excluding hydrogens is 280 g/mol. The van der Waals surface area contributed by atoms with E-state index in [1.54, 1.807) is 31.2 Å². The van der Waals surface area contributed by atoms with E-state index in [1.807, 2.05) is 0 Å². The minimum Gasteiger partial charge on any atom is -0.399 e. The predicted octanol–water partition coefficient (Wildman–Crippen LogP) is 0.228. The van der Waals surface area contributed by atoms with Gasteiger partial charge in [0.1, 0.15) is 5.60 Å². The van der Waals surface area contributed by atoms with Crippen molar-refractivity contribution in [1.82, 2.24) is 4.72 Å². The van der Waals surface area contributed by atoms with Gasteiger partial charge in [-0.05, 0) is 24.6 Å². The molecule has 2 atom stereocenters. The van der Waals surface area contributed by atoms with Gasteiger partial charge in [0.25, 0.3) is 0 Å². The van der Waals surface area contributed by atoms with E-state index in [1.165, 1.54) is 0 Å². The van der Waals surface area contributed by atoms with Crippen LogP contribution in [0.5, 0.6) is 0 Å². The van der Waals surface area contributed by atoms with Crippen LogP contribution in [0.15, 0.2) is 24.3 Å². The standard InChI is InChI=1S/C13H20N2O4S/c1-10-13(16,6-7-19-10)9-15-20(17,18)8-11-2-4-12(14)5-3-11/h2-5,10,15-16H,6-9,14H2,1H3. The van der Waals surface area contributed by atoms with E-state index in [9.17, 15) is 13.5 Å². The third-order valence-electron chi connectivity index (χ3n) is 3.59. The molecule has 1 aliphatic heterocycles. The van der Waals surface area contributed by atoms with Crippen LogP contribution in [0.3, 0.4) is 0 Å². The number of hydrogen-bond donors (Lipinski definition) is 3. The molecular formula is C13H20N2O4S. The quantitative estimate of drug-likeness (QED) is 0.676. The van der Waals surface area contributed by atoms with Crippen molar-refractivity contribution in [3.63, 3.8) is 0 Å². The molecule has 0 amide bonds. The second-order valence-corrected chi connectivity index (χ2v) is 7.00. The van der Waals surface area contributed by atoms with Gasteiger partial charge in [0, 0.05) is 25.3 Å². The highest BCUT2D eigenvalue weighted by Gasteiger charge is 2.40. The molecule has 1 aliphatic rings. The third-order valence-corrected chi connectivity index (χ3v) is 4.89. The van der Waals surface area contributed by atoms with E-state index in [4.69, 9.17) is 10.5 Å². The minimum absolute atomic E-state index is 0.0362. The van der Waals surface area contributed by atoms with E-state index < -0.39 is 15.6 Å². The van der Waals surface area contributed by atoms with Gasteiger partial charge in [-0.2, -0.15) is 0 Å². The lowest BCUT2D eigenvalue weighted by atomic mass is 9.97. The maximum absolute atomic E-state index is 12.0. The zero-order chi connectivity index (χ0) is 14.8. The van der Waals surface area contributed by atoms with Crippen molar-refractivity contribution in [3.05, 3.63) is 29.8 Å². The smallest absolute Gasteiger partial charge is 0.215 e. The summed E-state index contributed by atoms with van der Waals surface area (Å²) in [5, 5.41) is 10.3. The SMILES string of the molecule is CC1OCCC1(O)CNS(=O)(=O)Cc1ccc(N)cc1. The Hall–Kier alpha value is -1.15. The van der Waals surface area contributed by atoms with Crippen LogP contribution in [0.4, 0.5) is 5.69 Å². The molecule has 0 aromatic heterocycles. The number of rotatable bonds is 5. The Morgan fingerprint density at radius 3 is 2.65 bits per heavy atom. The van der Waals surface area contributed by atoms with E-state index >= 15 is 0 Å². The lowest BCUT2D eigenvalue weighted by molar-refractivity contribution is -0.0228. The molecule has 7 heteroatoms. The molecule has 4 N–H and O–H groups in total. The Balaban J connectivity index is 1.96. The first-order chi connectivity index (χ1) is 9.31. The first-order valence-electron chi connectivity index (χ1n) is 6.46. The highest BCUT2D eigenvalue weighted by atomic mass is 32.2. The summed E-state index contributed by atoms with van der Waals surface area (Å²) in [7, 11) is -3.50. The van der Waals surface area contributed by atoms with Gasteiger partial charge in [0.15, 0.2) is 0 Å². The van der Waals surface area contributed by atoms with Crippen molar-refractivity contribution < 1.29 is 18.3 Å². The topological polar surface area (TPSA) is 102 Å². The maximum Gasteiger partial charge on any atom is 0.215 e.